The van der Waals surface area contributed by atoms with Crippen LogP contribution >= 0.6 is 0 Å². The number of carbonyl (C=O) groups excluding carboxylic acids is 2. The number of nitrogens with zero attached hydrogens (tertiary/aromatic N) is 5. The molecule has 2 saturated heterocycles. The van der Waals surface area contributed by atoms with E-state index in [1.807, 2.05) is 52.3 Å². The summed E-state index contributed by atoms with van der Waals surface area (Å²) in [5, 5.41) is 5.41. The number of hydrogen-bond acceptors (Lipinski definition) is 4. The summed E-state index contributed by atoms with van der Waals surface area (Å²) in [5.74, 6) is 0.0324. The normalized spacial score (nSPS) is 21.7. The van der Waals surface area contributed by atoms with Crippen molar-refractivity contribution < 1.29 is 9.59 Å². The molecule has 0 radical (unpaired) electrons. The molecule has 0 N–H and O–H groups in total. The standard InChI is InChI=1S/C23H25N5O2/c29-21(17-28-20-9-2-1-7-18(20)15-25-28)27-14-6-11-23(27)10-5-13-26(22(23)30)16-19-8-3-4-12-24-19/h1-4,7-9,12,15H,5-6,10-11,13-14,16-17H2. The molecule has 1 atom stereocenters. The third-order valence-electron chi connectivity index (χ3n) is 6.41. The quantitative estimate of drug-likeness (QED) is 0.671. The second-order valence-corrected chi connectivity index (χ2v) is 8.19. The molecule has 30 heavy (non-hydrogen) atoms. The van der Waals surface area contributed by atoms with Crippen molar-refractivity contribution in [1.29, 1.82) is 0 Å². The molecule has 2 fully saturated rings. The fourth-order valence-corrected chi connectivity index (χ4v) is 4.99. The Morgan fingerprint density at radius 1 is 1.03 bits per heavy atom. The Labute approximate surface area is 175 Å². The molecule has 5 rings (SSSR count). The Bertz CT molecular complexity index is 1080. The zero-order valence-electron chi connectivity index (χ0n) is 16.9. The number of para-hydroxylation sites is 1. The summed E-state index contributed by atoms with van der Waals surface area (Å²) in [6.45, 7) is 1.99. The van der Waals surface area contributed by atoms with E-state index in [0.29, 0.717) is 19.6 Å². The van der Waals surface area contributed by atoms with E-state index in [0.717, 1.165) is 42.3 Å². The predicted octanol–water partition coefficient (Wildman–Crippen LogP) is 2.62. The Kier molecular flexibility index (Phi) is 4.73. The molecule has 3 aromatic rings. The fourth-order valence-electron chi connectivity index (χ4n) is 4.99. The lowest BCUT2D eigenvalue weighted by Crippen LogP contribution is -2.61. The first-order chi connectivity index (χ1) is 14.7. The monoisotopic (exact) mass is 403 g/mol. The molecule has 0 aliphatic carbocycles. The molecule has 2 amide bonds. The number of benzene rings is 1. The highest BCUT2D eigenvalue weighted by Gasteiger charge is 2.52. The zero-order chi connectivity index (χ0) is 20.6. The van der Waals surface area contributed by atoms with Crippen LogP contribution in [0.2, 0.25) is 0 Å². The van der Waals surface area contributed by atoms with Crippen molar-refractivity contribution in [2.75, 3.05) is 13.1 Å². The van der Waals surface area contributed by atoms with Crippen LogP contribution in [0.15, 0.2) is 54.9 Å². The van der Waals surface area contributed by atoms with Crippen molar-refractivity contribution in [2.45, 2.75) is 44.3 Å². The number of amides is 2. The number of pyridine rings is 1. The lowest BCUT2D eigenvalue weighted by molar-refractivity contribution is -0.156. The van der Waals surface area contributed by atoms with Gasteiger partial charge in [0.1, 0.15) is 12.1 Å². The van der Waals surface area contributed by atoms with Crippen molar-refractivity contribution in [3.63, 3.8) is 0 Å². The molecule has 1 unspecified atom stereocenters. The van der Waals surface area contributed by atoms with Gasteiger partial charge in [-0.3, -0.25) is 19.3 Å². The predicted molar refractivity (Wildman–Crippen MR) is 112 cm³/mol. The van der Waals surface area contributed by atoms with Crippen LogP contribution in [0, 0.1) is 0 Å². The van der Waals surface area contributed by atoms with Crippen molar-refractivity contribution in [3.05, 3.63) is 60.6 Å². The SMILES string of the molecule is O=C(Cn1ncc2ccccc21)N1CCCC12CCCN(Cc1ccccn1)C2=O. The Morgan fingerprint density at radius 3 is 2.67 bits per heavy atom. The van der Waals surface area contributed by atoms with Gasteiger partial charge in [0, 0.05) is 24.7 Å². The molecule has 0 bridgehead atoms. The molecule has 2 aromatic heterocycles. The van der Waals surface area contributed by atoms with Crippen molar-refractivity contribution in [3.8, 4) is 0 Å². The number of piperidine rings is 1. The van der Waals surface area contributed by atoms with Crippen LogP contribution in [-0.4, -0.2) is 55.0 Å². The lowest BCUT2D eigenvalue weighted by atomic mass is 9.85. The molecule has 154 valence electrons. The van der Waals surface area contributed by atoms with Gasteiger partial charge in [-0.15, -0.1) is 0 Å². The topological polar surface area (TPSA) is 71.3 Å². The summed E-state index contributed by atoms with van der Waals surface area (Å²) in [5.41, 5.74) is 1.10. The third kappa shape index (κ3) is 3.14. The van der Waals surface area contributed by atoms with Gasteiger partial charge < -0.3 is 9.80 Å². The van der Waals surface area contributed by atoms with Gasteiger partial charge in [0.15, 0.2) is 0 Å². The number of hydrogen-bond donors (Lipinski definition) is 0. The molecule has 0 saturated carbocycles. The van der Waals surface area contributed by atoms with E-state index in [1.165, 1.54) is 0 Å². The highest BCUT2D eigenvalue weighted by Crippen LogP contribution is 2.39. The second kappa shape index (κ2) is 7.55. The van der Waals surface area contributed by atoms with Gasteiger partial charge in [-0.25, -0.2) is 0 Å². The largest absolute Gasteiger partial charge is 0.335 e. The van der Waals surface area contributed by atoms with E-state index in [2.05, 4.69) is 10.1 Å². The van der Waals surface area contributed by atoms with Gasteiger partial charge in [-0.2, -0.15) is 5.10 Å². The molecule has 7 heteroatoms. The average molecular weight is 403 g/mol. The van der Waals surface area contributed by atoms with Gasteiger partial charge in [-0.05, 0) is 43.9 Å². The Hall–Kier alpha value is -3.22. The van der Waals surface area contributed by atoms with E-state index < -0.39 is 5.54 Å². The van der Waals surface area contributed by atoms with Crippen LogP contribution in [0.4, 0.5) is 0 Å². The highest BCUT2D eigenvalue weighted by molar-refractivity contribution is 5.93. The number of aromatic nitrogens is 3. The molecule has 1 spiro atoms. The number of likely N-dealkylation sites (tertiary alicyclic amines) is 2. The van der Waals surface area contributed by atoms with Gasteiger partial charge in [0.05, 0.1) is 24.0 Å². The summed E-state index contributed by atoms with van der Waals surface area (Å²) in [4.78, 5) is 35.0. The van der Waals surface area contributed by atoms with E-state index >= 15 is 0 Å². The molecular formula is C23H25N5O2. The first-order valence-electron chi connectivity index (χ1n) is 10.6. The maximum Gasteiger partial charge on any atom is 0.248 e. The minimum absolute atomic E-state index is 0.0330. The number of rotatable bonds is 4. The highest BCUT2D eigenvalue weighted by atomic mass is 16.2. The van der Waals surface area contributed by atoms with Gasteiger partial charge in [0.25, 0.3) is 0 Å². The van der Waals surface area contributed by atoms with Crippen LogP contribution in [-0.2, 0) is 22.7 Å². The Balaban J connectivity index is 1.37. The maximum absolute atomic E-state index is 13.6. The van der Waals surface area contributed by atoms with E-state index in [4.69, 9.17) is 0 Å². The fraction of sp³-hybridized carbons (Fsp3) is 0.391. The van der Waals surface area contributed by atoms with Crippen LogP contribution in [0.1, 0.15) is 31.4 Å². The van der Waals surface area contributed by atoms with E-state index in [1.54, 1.807) is 17.1 Å². The van der Waals surface area contributed by atoms with Crippen LogP contribution in [0.3, 0.4) is 0 Å². The van der Waals surface area contributed by atoms with Crippen LogP contribution in [0.25, 0.3) is 10.9 Å². The third-order valence-corrected chi connectivity index (χ3v) is 6.41. The molecule has 2 aliphatic heterocycles. The van der Waals surface area contributed by atoms with Crippen molar-refractivity contribution in [2.24, 2.45) is 0 Å². The zero-order valence-corrected chi connectivity index (χ0v) is 16.9. The smallest absolute Gasteiger partial charge is 0.248 e. The average Bonchev–Trinajstić information content (AvgIpc) is 3.38. The van der Waals surface area contributed by atoms with E-state index in [-0.39, 0.29) is 18.4 Å². The first kappa shape index (κ1) is 18.8. The van der Waals surface area contributed by atoms with Crippen molar-refractivity contribution in [1.82, 2.24) is 24.6 Å². The second-order valence-electron chi connectivity index (χ2n) is 8.19. The number of fused-ring (bicyclic) bond motifs is 1. The summed E-state index contributed by atoms with van der Waals surface area (Å²) in [6, 6.07) is 13.6. The maximum atomic E-state index is 13.6. The lowest BCUT2D eigenvalue weighted by Gasteiger charge is -2.44. The van der Waals surface area contributed by atoms with Crippen molar-refractivity contribution >= 4 is 22.7 Å². The van der Waals surface area contributed by atoms with Crippen LogP contribution < -0.4 is 0 Å². The molecule has 4 heterocycles. The molecular weight excluding hydrogens is 378 g/mol. The summed E-state index contributed by atoms with van der Waals surface area (Å²) in [6.07, 6.45) is 6.75. The molecule has 7 nitrogen and oxygen atoms in total. The summed E-state index contributed by atoms with van der Waals surface area (Å²) >= 11 is 0. The Morgan fingerprint density at radius 2 is 1.83 bits per heavy atom. The van der Waals surface area contributed by atoms with Gasteiger partial charge in [-0.1, -0.05) is 24.3 Å². The minimum Gasteiger partial charge on any atom is -0.335 e. The van der Waals surface area contributed by atoms with Crippen LogP contribution in [0.5, 0.6) is 0 Å². The van der Waals surface area contributed by atoms with Gasteiger partial charge in [0.2, 0.25) is 11.8 Å². The van der Waals surface area contributed by atoms with Gasteiger partial charge >= 0.3 is 0 Å². The minimum atomic E-state index is -0.715. The van der Waals surface area contributed by atoms with E-state index in [9.17, 15) is 9.59 Å². The summed E-state index contributed by atoms with van der Waals surface area (Å²) in [7, 11) is 0. The molecule has 2 aliphatic rings. The number of carbonyl (C=O) groups is 2. The molecule has 1 aromatic carbocycles. The summed E-state index contributed by atoms with van der Waals surface area (Å²) < 4.78 is 1.74. The first-order valence-corrected chi connectivity index (χ1v) is 10.6.